The molecule has 0 unspecified atom stereocenters. The zero-order chi connectivity index (χ0) is 8.49. The van der Waals surface area contributed by atoms with Crippen molar-refractivity contribution in [3.05, 3.63) is 42.9 Å². The molecule has 1 radical (unpaired) electrons. The van der Waals surface area contributed by atoms with Crippen molar-refractivity contribution in [3.8, 4) is 0 Å². The first kappa shape index (κ1) is 9.31. The van der Waals surface area contributed by atoms with Crippen molar-refractivity contribution in [3.63, 3.8) is 0 Å². The molecule has 0 heteroatoms. The molecule has 0 N–H and O–H groups in total. The molecule has 0 saturated carbocycles. The minimum atomic E-state index is 1.06. The average molecular weight is 161 g/mol. The summed E-state index contributed by atoms with van der Waals surface area (Å²) in [7, 11) is 0. The summed E-state index contributed by atoms with van der Waals surface area (Å²) in [5.74, 6) is 0. The van der Waals surface area contributed by atoms with Crippen LogP contribution in [0.2, 0.25) is 0 Å². The van der Waals surface area contributed by atoms with E-state index in [-0.39, 0.29) is 0 Å². The Morgan fingerprint density at radius 2 is 1.33 bits per heavy atom. The second-order valence-corrected chi connectivity index (χ2v) is 3.04. The van der Waals surface area contributed by atoms with Crippen molar-refractivity contribution in [2.45, 2.75) is 32.1 Å². The zero-order valence-electron chi connectivity index (χ0n) is 7.58. The third kappa shape index (κ3) is 4.95. The van der Waals surface area contributed by atoms with Crippen molar-refractivity contribution in [1.82, 2.24) is 0 Å². The Balaban J connectivity index is 2.31. The van der Waals surface area contributed by atoms with E-state index >= 15 is 0 Å². The van der Waals surface area contributed by atoms with Gasteiger partial charge in [0.1, 0.15) is 0 Å². The van der Waals surface area contributed by atoms with E-state index in [1.807, 2.05) is 0 Å². The molecule has 0 aromatic carbocycles. The number of hydrogen-bond acceptors (Lipinski definition) is 0. The predicted molar refractivity (Wildman–Crippen MR) is 54.8 cm³/mol. The van der Waals surface area contributed by atoms with Gasteiger partial charge in [-0.2, -0.15) is 0 Å². The Labute approximate surface area is 75.7 Å². The molecule has 0 saturated heterocycles. The number of allylic oxidation sites excluding steroid dienone is 6. The third-order valence-corrected chi connectivity index (χ3v) is 1.92. The van der Waals surface area contributed by atoms with Gasteiger partial charge in [0.05, 0.1) is 0 Å². The second-order valence-electron chi connectivity index (χ2n) is 3.04. The van der Waals surface area contributed by atoms with Crippen LogP contribution >= 0.6 is 0 Å². The van der Waals surface area contributed by atoms with Crippen LogP contribution in [0.15, 0.2) is 36.5 Å². The molecular weight excluding hydrogens is 144 g/mol. The molecular formula is C12H17. The van der Waals surface area contributed by atoms with E-state index in [0.717, 1.165) is 6.42 Å². The van der Waals surface area contributed by atoms with Crippen molar-refractivity contribution in [2.75, 3.05) is 0 Å². The minimum absolute atomic E-state index is 1.06. The van der Waals surface area contributed by atoms with Crippen molar-refractivity contribution < 1.29 is 0 Å². The lowest BCUT2D eigenvalue weighted by molar-refractivity contribution is 0.761. The molecule has 0 nitrogen and oxygen atoms in total. The van der Waals surface area contributed by atoms with Crippen LogP contribution in [0, 0.1) is 6.42 Å². The van der Waals surface area contributed by atoms with Gasteiger partial charge in [0.2, 0.25) is 0 Å². The van der Waals surface area contributed by atoms with E-state index in [2.05, 4.69) is 42.9 Å². The average Bonchev–Trinajstić information content (AvgIpc) is 2.05. The Morgan fingerprint density at radius 3 is 2.17 bits per heavy atom. The minimum Gasteiger partial charge on any atom is -0.0882 e. The van der Waals surface area contributed by atoms with Crippen molar-refractivity contribution in [1.29, 1.82) is 0 Å². The van der Waals surface area contributed by atoms with E-state index in [0.29, 0.717) is 0 Å². The van der Waals surface area contributed by atoms with Gasteiger partial charge >= 0.3 is 0 Å². The first-order valence-corrected chi connectivity index (χ1v) is 4.80. The second kappa shape index (κ2) is 6.90. The van der Waals surface area contributed by atoms with Gasteiger partial charge in [-0.05, 0) is 38.5 Å². The van der Waals surface area contributed by atoms with Crippen LogP contribution in [-0.2, 0) is 0 Å². The van der Waals surface area contributed by atoms with Crippen LogP contribution in [0.4, 0.5) is 0 Å². The quantitative estimate of drug-likeness (QED) is 0.506. The van der Waals surface area contributed by atoms with E-state index in [4.69, 9.17) is 0 Å². The molecule has 0 amide bonds. The summed E-state index contributed by atoms with van der Waals surface area (Å²) in [5.41, 5.74) is 0. The van der Waals surface area contributed by atoms with Gasteiger partial charge in [0, 0.05) is 0 Å². The first-order valence-electron chi connectivity index (χ1n) is 4.80. The Kier molecular flexibility index (Phi) is 5.35. The smallest absolute Gasteiger partial charge is 0.0133 e. The van der Waals surface area contributed by atoms with Gasteiger partial charge in [0.15, 0.2) is 0 Å². The maximum Gasteiger partial charge on any atom is -0.0133 e. The normalized spacial score (nSPS) is 28.0. The molecule has 0 atom stereocenters. The molecule has 0 spiro atoms. The Bertz CT molecular complexity index is 172. The largest absolute Gasteiger partial charge is 0.0882 e. The molecule has 12 heavy (non-hydrogen) atoms. The standard InChI is InChI=1S/C12H17/c1-2-4-6-8-10-12-11-9-7-5-3-1/h1-4,7,9,11H,5-6,8,10,12H2/b3-1+,4-2-,11-9+. The van der Waals surface area contributed by atoms with Gasteiger partial charge < -0.3 is 0 Å². The fourth-order valence-corrected chi connectivity index (χ4v) is 1.21. The fraction of sp³-hybridized carbons (Fsp3) is 0.417. The summed E-state index contributed by atoms with van der Waals surface area (Å²) in [4.78, 5) is 0. The van der Waals surface area contributed by atoms with Crippen LogP contribution in [-0.4, -0.2) is 0 Å². The lowest BCUT2D eigenvalue weighted by Crippen LogP contribution is -1.74. The summed E-state index contributed by atoms with van der Waals surface area (Å²) in [6.07, 6.45) is 21.5. The summed E-state index contributed by atoms with van der Waals surface area (Å²) >= 11 is 0. The van der Waals surface area contributed by atoms with Gasteiger partial charge in [-0.25, -0.2) is 0 Å². The molecule has 0 bridgehead atoms. The van der Waals surface area contributed by atoms with Crippen LogP contribution in [0.3, 0.4) is 0 Å². The third-order valence-electron chi connectivity index (χ3n) is 1.92. The lowest BCUT2D eigenvalue weighted by Gasteiger charge is -1.94. The van der Waals surface area contributed by atoms with Crippen LogP contribution < -0.4 is 0 Å². The first-order chi connectivity index (χ1) is 6.00. The van der Waals surface area contributed by atoms with E-state index < -0.39 is 0 Å². The molecule has 1 rings (SSSR count). The monoisotopic (exact) mass is 161 g/mol. The topological polar surface area (TPSA) is 0 Å². The summed E-state index contributed by atoms with van der Waals surface area (Å²) in [6.45, 7) is 0. The highest BCUT2D eigenvalue weighted by Gasteiger charge is 1.84. The maximum atomic E-state index is 2.26. The van der Waals surface area contributed by atoms with E-state index in [1.165, 1.54) is 25.7 Å². The Hall–Kier alpha value is -0.780. The summed E-state index contributed by atoms with van der Waals surface area (Å²) in [6, 6.07) is 0. The lowest BCUT2D eigenvalue weighted by atomic mass is 10.1. The molecule has 0 aliphatic heterocycles. The summed E-state index contributed by atoms with van der Waals surface area (Å²) < 4.78 is 0. The number of hydrogen-bond donors (Lipinski definition) is 0. The zero-order valence-corrected chi connectivity index (χ0v) is 7.58. The molecule has 0 heterocycles. The van der Waals surface area contributed by atoms with Crippen LogP contribution in [0.25, 0.3) is 0 Å². The van der Waals surface area contributed by atoms with E-state index in [1.54, 1.807) is 0 Å². The van der Waals surface area contributed by atoms with E-state index in [9.17, 15) is 0 Å². The van der Waals surface area contributed by atoms with Gasteiger partial charge in [-0.15, -0.1) is 0 Å². The molecule has 1 aliphatic rings. The highest BCUT2D eigenvalue weighted by molar-refractivity contribution is 5.07. The number of rotatable bonds is 0. The van der Waals surface area contributed by atoms with Crippen LogP contribution in [0.1, 0.15) is 32.1 Å². The molecule has 1 aliphatic carbocycles. The Morgan fingerprint density at radius 1 is 0.667 bits per heavy atom. The fourth-order valence-electron chi connectivity index (χ4n) is 1.21. The molecule has 0 aromatic heterocycles. The van der Waals surface area contributed by atoms with Crippen molar-refractivity contribution >= 4 is 0 Å². The molecule has 0 fully saturated rings. The SMILES string of the molecule is [CH]1/C=C/CCCC/C=C\C=C\C1. The highest BCUT2D eigenvalue weighted by atomic mass is 13.9. The molecule has 0 aromatic rings. The van der Waals surface area contributed by atoms with Gasteiger partial charge in [0.25, 0.3) is 0 Å². The van der Waals surface area contributed by atoms with Crippen molar-refractivity contribution in [2.24, 2.45) is 0 Å². The maximum absolute atomic E-state index is 2.26. The highest BCUT2D eigenvalue weighted by Crippen LogP contribution is 2.04. The summed E-state index contributed by atoms with van der Waals surface area (Å²) in [5, 5.41) is 0. The van der Waals surface area contributed by atoms with Crippen LogP contribution in [0.5, 0.6) is 0 Å². The van der Waals surface area contributed by atoms with Gasteiger partial charge in [-0.1, -0.05) is 36.5 Å². The predicted octanol–water partition coefficient (Wildman–Crippen LogP) is 3.82. The molecule has 65 valence electrons. The van der Waals surface area contributed by atoms with Gasteiger partial charge in [-0.3, -0.25) is 0 Å².